The van der Waals surface area contributed by atoms with Gasteiger partial charge in [-0.3, -0.25) is 4.79 Å². The molecule has 0 aliphatic heterocycles. The lowest BCUT2D eigenvalue weighted by molar-refractivity contribution is -0.112. The molecule has 1 fully saturated rings. The minimum atomic E-state index is 0.0800. The predicted octanol–water partition coefficient (Wildman–Crippen LogP) is 6.34. The summed E-state index contributed by atoms with van der Waals surface area (Å²) in [6.45, 7) is 0. The van der Waals surface area contributed by atoms with Crippen molar-refractivity contribution in [1.82, 2.24) is 9.97 Å². The minimum absolute atomic E-state index is 0.0800. The molecule has 144 valence electrons. The van der Waals surface area contributed by atoms with E-state index in [2.05, 4.69) is 9.97 Å². The lowest BCUT2D eigenvalue weighted by Gasteiger charge is -2.15. The van der Waals surface area contributed by atoms with Gasteiger partial charge in [0.05, 0.1) is 23.9 Å². The largest absolute Gasteiger partial charge is 0.462 e. The number of hydrogen-bond donors (Lipinski definition) is 0. The number of rotatable bonds is 4. The van der Waals surface area contributed by atoms with Gasteiger partial charge in [-0.25, -0.2) is 9.97 Å². The Hall–Kier alpha value is -3.03. The van der Waals surface area contributed by atoms with Crippen LogP contribution in [0.15, 0.2) is 67.5 Å². The highest BCUT2D eigenvalue weighted by molar-refractivity contribution is 7.13. The molecule has 0 aromatic carbocycles. The fourth-order valence-corrected chi connectivity index (χ4v) is 4.75. The van der Waals surface area contributed by atoms with Crippen molar-refractivity contribution in [1.29, 1.82) is 0 Å². The van der Waals surface area contributed by atoms with Gasteiger partial charge >= 0.3 is 0 Å². The van der Waals surface area contributed by atoms with Crippen molar-refractivity contribution < 1.29 is 13.6 Å². The van der Waals surface area contributed by atoms with E-state index in [0.717, 1.165) is 63.3 Å². The summed E-state index contributed by atoms with van der Waals surface area (Å²) >= 11 is 3.02. The van der Waals surface area contributed by atoms with Crippen molar-refractivity contribution >= 4 is 40.6 Å². The second kappa shape index (κ2) is 7.77. The van der Waals surface area contributed by atoms with Crippen LogP contribution in [0.2, 0.25) is 0 Å². The molecule has 0 radical (unpaired) electrons. The van der Waals surface area contributed by atoms with Gasteiger partial charge in [0.15, 0.2) is 27.3 Å². The van der Waals surface area contributed by atoms with E-state index in [1.54, 1.807) is 12.5 Å². The van der Waals surface area contributed by atoms with E-state index in [0.29, 0.717) is 0 Å². The first kappa shape index (κ1) is 18.0. The number of ketones is 1. The molecule has 1 aliphatic rings. The van der Waals surface area contributed by atoms with Gasteiger partial charge in [-0.1, -0.05) is 0 Å². The van der Waals surface area contributed by atoms with Gasteiger partial charge in [-0.15, -0.1) is 22.7 Å². The van der Waals surface area contributed by atoms with Crippen molar-refractivity contribution in [2.75, 3.05) is 0 Å². The molecule has 0 bridgehead atoms. The Labute approximate surface area is 175 Å². The molecule has 0 N–H and O–H groups in total. The molecule has 0 saturated heterocycles. The summed E-state index contributed by atoms with van der Waals surface area (Å²) in [5.41, 5.74) is 3.17. The van der Waals surface area contributed by atoms with Gasteiger partial charge in [-0.05, 0) is 55.7 Å². The molecule has 29 heavy (non-hydrogen) atoms. The summed E-state index contributed by atoms with van der Waals surface area (Å²) in [6, 6.07) is 7.44. The second-order valence-corrected chi connectivity index (χ2v) is 8.35. The van der Waals surface area contributed by atoms with Crippen molar-refractivity contribution in [2.24, 2.45) is 0 Å². The van der Waals surface area contributed by atoms with Crippen molar-refractivity contribution in [3.05, 3.63) is 70.1 Å². The van der Waals surface area contributed by atoms with E-state index in [9.17, 15) is 4.79 Å². The summed E-state index contributed by atoms with van der Waals surface area (Å²) < 4.78 is 10.8. The molecule has 0 spiro atoms. The summed E-state index contributed by atoms with van der Waals surface area (Å²) in [6.07, 6.45) is 9.52. The highest BCUT2D eigenvalue weighted by Crippen LogP contribution is 2.31. The molecule has 1 saturated carbocycles. The maximum atomic E-state index is 13.0. The van der Waals surface area contributed by atoms with Gasteiger partial charge in [0, 0.05) is 21.9 Å². The van der Waals surface area contributed by atoms with Gasteiger partial charge in [0.25, 0.3) is 0 Å². The number of nitrogens with zero attached hydrogens (tertiary/aromatic N) is 2. The average Bonchev–Trinajstić information content (AvgIpc) is 3.52. The summed E-state index contributed by atoms with van der Waals surface area (Å²) in [7, 11) is 0. The van der Waals surface area contributed by atoms with E-state index in [1.165, 1.54) is 22.7 Å². The van der Waals surface area contributed by atoms with E-state index < -0.39 is 0 Å². The summed E-state index contributed by atoms with van der Waals surface area (Å²) in [5, 5.41) is 5.53. The Morgan fingerprint density at radius 3 is 1.79 bits per heavy atom. The van der Waals surface area contributed by atoms with Crippen LogP contribution in [-0.4, -0.2) is 15.8 Å². The maximum Gasteiger partial charge on any atom is 0.185 e. The first-order chi connectivity index (χ1) is 14.3. The number of aromatic nitrogens is 2. The van der Waals surface area contributed by atoms with Crippen molar-refractivity contribution in [3.8, 4) is 21.5 Å². The van der Waals surface area contributed by atoms with Gasteiger partial charge in [0.1, 0.15) is 0 Å². The van der Waals surface area contributed by atoms with E-state index >= 15 is 0 Å². The van der Waals surface area contributed by atoms with Crippen LogP contribution in [0.3, 0.4) is 0 Å². The Morgan fingerprint density at radius 1 is 0.828 bits per heavy atom. The molecule has 7 heteroatoms. The Morgan fingerprint density at radius 2 is 1.34 bits per heavy atom. The normalized spacial score (nSPS) is 17.4. The smallest absolute Gasteiger partial charge is 0.185 e. The first-order valence-corrected chi connectivity index (χ1v) is 11.0. The number of Topliss-reactive ketones (excluding diaryl/α,β-unsaturated/α-hetero) is 1. The highest BCUT2D eigenvalue weighted by Gasteiger charge is 2.21. The maximum absolute atomic E-state index is 13.0. The lowest BCUT2D eigenvalue weighted by Crippen LogP contribution is -2.12. The molecule has 0 amide bonds. The molecule has 1 aliphatic carbocycles. The fourth-order valence-electron chi connectivity index (χ4n) is 3.27. The molecule has 0 atom stereocenters. The minimum Gasteiger partial charge on any atom is -0.462 e. The third-order valence-electron chi connectivity index (χ3n) is 4.63. The fraction of sp³-hybridized carbons (Fsp3) is 0.136. The van der Waals surface area contributed by atoms with Crippen LogP contribution in [0.5, 0.6) is 0 Å². The standard InChI is InChI=1S/C22H16N2O3S2/c25-20-14(10-16-12-28-21(23-16)18-6-2-8-26-18)4-1-5-15(20)11-17-13-29-22(24-17)19-7-3-9-27-19/h2-3,6-13H,1,4-5H2. The SMILES string of the molecule is O=C1C(=Cc2csc(-c3ccco3)n2)CCCC1=Cc1csc(-c2ccco2)n1. The molecule has 4 aromatic heterocycles. The van der Waals surface area contributed by atoms with Crippen LogP contribution in [0.25, 0.3) is 33.7 Å². The quantitative estimate of drug-likeness (QED) is 0.360. The topological polar surface area (TPSA) is 69.1 Å². The molecule has 5 nitrogen and oxygen atoms in total. The van der Waals surface area contributed by atoms with Gasteiger partial charge in [0.2, 0.25) is 0 Å². The average molecular weight is 421 g/mol. The Bertz CT molecular complexity index is 1100. The monoisotopic (exact) mass is 420 g/mol. The third kappa shape index (κ3) is 3.79. The van der Waals surface area contributed by atoms with Gasteiger partial charge in [-0.2, -0.15) is 0 Å². The molecule has 0 unspecified atom stereocenters. The van der Waals surface area contributed by atoms with Crippen LogP contribution in [0.1, 0.15) is 30.7 Å². The predicted molar refractivity (Wildman–Crippen MR) is 114 cm³/mol. The zero-order valence-electron chi connectivity index (χ0n) is 15.3. The molecular weight excluding hydrogens is 404 g/mol. The van der Waals surface area contributed by atoms with E-state index in [1.807, 2.05) is 47.2 Å². The molecular formula is C22H16N2O3S2. The Balaban J connectivity index is 1.38. The Kier molecular flexibility index (Phi) is 4.83. The summed E-state index contributed by atoms with van der Waals surface area (Å²) in [5.74, 6) is 1.56. The number of carbonyl (C=O) groups excluding carboxylic acids is 1. The second-order valence-electron chi connectivity index (χ2n) is 6.63. The number of allylic oxidation sites excluding steroid dienone is 2. The van der Waals surface area contributed by atoms with Crippen molar-refractivity contribution in [3.63, 3.8) is 0 Å². The molecule has 4 aromatic rings. The van der Waals surface area contributed by atoms with Crippen LogP contribution >= 0.6 is 22.7 Å². The number of carbonyl (C=O) groups is 1. The first-order valence-electron chi connectivity index (χ1n) is 9.21. The summed E-state index contributed by atoms with van der Waals surface area (Å²) in [4.78, 5) is 22.1. The zero-order chi connectivity index (χ0) is 19.6. The van der Waals surface area contributed by atoms with Crippen LogP contribution < -0.4 is 0 Å². The highest BCUT2D eigenvalue weighted by atomic mass is 32.1. The number of thiazole rings is 2. The molecule has 5 rings (SSSR count). The lowest BCUT2D eigenvalue weighted by atomic mass is 9.88. The van der Waals surface area contributed by atoms with Crippen LogP contribution in [-0.2, 0) is 4.79 Å². The number of furan rings is 2. The number of hydrogen-bond acceptors (Lipinski definition) is 7. The van der Waals surface area contributed by atoms with Crippen molar-refractivity contribution in [2.45, 2.75) is 19.3 Å². The van der Waals surface area contributed by atoms with E-state index in [4.69, 9.17) is 8.83 Å². The van der Waals surface area contributed by atoms with Crippen LogP contribution in [0.4, 0.5) is 0 Å². The van der Waals surface area contributed by atoms with E-state index in [-0.39, 0.29) is 5.78 Å². The molecule has 4 heterocycles. The zero-order valence-corrected chi connectivity index (χ0v) is 17.0. The third-order valence-corrected chi connectivity index (χ3v) is 6.38. The van der Waals surface area contributed by atoms with Crippen LogP contribution in [0, 0.1) is 0 Å². The van der Waals surface area contributed by atoms with Gasteiger partial charge < -0.3 is 8.83 Å².